The molecule has 0 bridgehead atoms. The normalized spacial score (nSPS) is 12.1. The quantitative estimate of drug-likeness (QED) is 0.587. The smallest absolute Gasteiger partial charge is 0.229 e. The highest BCUT2D eigenvalue weighted by Crippen LogP contribution is 2.28. The number of hydrogen-bond acceptors (Lipinski definition) is 3. The van der Waals surface area contributed by atoms with Crippen LogP contribution in [-0.4, -0.2) is 14.5 Å². The van der Waals surface area contributed by atoms with Crippen LogP contribution in [0.25, 0.3) is 16.7 Å². The van der Waals surface area contributed by atoms with E-state index in [1.807, 2.05) is 38.3 Å². The van der Waals surface area contributed by atoms with E-state index in [1.54, 1.807) is 0 Å². The molecule has 27 heavy (non-hydrogen) atoms. The van der Waals surface area contributed by atoms with Crippen molar-refractivity contribution in [2.45, 2.75) is 34.6 Å². The van der Waals surface area contributed by atoms with Gasteiger partial charge in [0, 0.05) is 28.7 Å². The summed E-state index contributed by atoms with van der Waals surface area (Å²) >= 11 is 0. The lowest BCUT2D eigenvalue weighted by atomic mass is 10.2. The van der Waals surface area contributed by atoms with Crippen molar-refractivity contribution in [1.82, 2.24) is 14.5 Å². The van der Waals surface area contributed by atoms with Crippen LogP contribution < -0.4 is 5.32 Å². The van der Waals surface area contributed by atoms with Crippen molar-refractivity contribution in [3.05, 3.63) is 83.4 Å². The lowest BCUT2D eigenvalue weighted by Crippen LogP contribution is -2.04. The summed E-state index contributed by atoms with van der Waals surface area (Å²) < 4.78 is 2.20. The van der Waals surface area contributed by atoms with Crippen LogP contribution >= 0.6 is 0 Å². The predicted molar refractivity (Wildman–Crippen MR) is 114 cm³/mol. The topological polar surface area (TPSA) is 42.7 Å². The molecular weight excluding hydrogens is 332 g/mol. The Morgan fingerprint density at radius 3 is 2.63 bits per heavy atom. The largest absolute Gasteiger partial charge is 0.324 e. The van der Waals surface area contributed by atoms with Crippen LogP contribution in [0.2, 0.25) is 0 Å². The highest BCUT2D eigenvalue weighted by Gasteiger charge is 2.15. The summed E-state index contributed by atoms with van der Waals surface area (Å²) in [5, 5.41) is 4.36. The first-order chi connectivity index (χ1) is 12.9. The fraction of sp³-hybridized carbons (Fsp3) is 0.217. The Kier molecular flexibility index (Phi) is 5.26. The maximum atomic E-state index is 4.82. The highest BCUT2D eigenvalue weighted by molar-refractivity contribution is 5.84. The zero-order chi connectivity index (χ0) is 19.6. The number of benzene rings is 1. The minimum absolute atomic E-state index is 0.577. The molecule has 0 aliphatic carbocycles. The van der Waals surface area contributed by atoms with E-state index in [2.05, 4.69) is 66.5 Å². The molecule has 2 heterocycles. The van der Waals surface area contributed by atoms with Gasteiger partial charge in [-0.25, -0.2) is 4.98 Å². The molecule has 0 aliphatic heterocycles. The third kappa shape index (κ3) is 3.85. The van der Waals surface area contributed by atoms with Gasteiger partial charge in [0.2, 0.25) is 5.95 Å². The van der Waals surface area contributed by atoms with Crippen LogP contribution in [0.5, 0.6) is 0 Å². The van der Waals surface area contributed by atoms with Crippen LogP contribution in [0.1, 0.15) is 30.7 Å². The van der Waals surface area contributed by atoms with Crippen molar-refractivity contribution in [3.8, 4) is 5.69 Å². The van der Waals surface area contributed by atoms with Crippen molar-refractivity contribution < 1.29 is 0 Å². The fourth-order valence-corrected chi connectivity index (χ4v) is 3.04. The molecule has 0 saturated heterocycles. The summed E-state index contributed by atoms with van der Waals surface area (Å²) in [5.41, 5.74) is 7.55. The number of fused-ring (bicyclic) bond motifs is 1. The molecule has 4 nitrogen and oxygen atoms in total. The van der Waals surface area contributed by atoms with E-state index in [1.165, 1.54) is 16.8 Å². The van der Waals surface area contributed by atoms with Gasteiger partial charge in [-0.3, -0.25) is 4.57 Å². The van der Waals surface area contributed by atoms with Gasteiger partial charge in [-0.05, 0) is 64.0 Å². The van der Waals surface area contributed by atoms with Crippen LogP contribution in [0.4, 0.5) is 5.95 Å². The van der Waals surface area contributed by atoms with E-state index in [4.69, 9.17) is 4.98 Å². The van der Waals surface area contributed by atoms with Gasteiger partial charge in [0.15, 0.2) is 5.65 Å². The Labute approximate surface area is 161 Å². The molecule has 1 N–H and O–H groups in total. The average molecular weight is 358 g/mol. The molecule has 3 aromatic rings. The molecule has 138 valence electrons. The van der Waals surface area contributed by atoms with E-state index >= 15 is 0 Å². The summed E-state index contributed by atoms with van der Waals surface area (Å²) in [6.07, 6.45) is 7.83. The van der Waals surface area contributed by atoms with Gasteiger partial charge in [-0.15, -0.1) is 0 Å². The standard InChI is InChI=1S/C23H26N4/c1-7-19(12-11-15(2)3)25-23-24-14-21-17(5)18(6)27(22(21)26-23)20-10-8-9-16(4)13-20/h7-14H,2H2,1,3-6H3,(H,24,25,26)/b12-11-,19-7+. The second-order valence-electron chi connectivity index (χ2n) is 6.86. The minimum Gasteiger partial charge on any atom is -0.324 e. The maximum Gasteiger partial charge on any atom is 0.229 e. The zero-order valence-corrected chi connectivity index (χ0v) is 16.7. The van der Waals surface area contributed by atoms with Gasteiger partial charge in [-0.2, -0.15) is 4.98 Å². The lowest BCUT2D eigenvalue weighted by Gasteiger charge is -2.10. The van der Waals surface area contributed by atoms with E-state index in [0.717, 1.165) is 28.0 Å². The average Bonchev–Trinajstić information content (AvgIpc) is 2.89. The van der Waals surface area contributed by atoms with Crippen molar-refractivity contribution in [2.24, 2.45) is 0 Å². The Bertz CT molecular complexity index is 1070. The number of aromatic nitrogens is 3. The maximum absolute atomic E-state index is 4.82. The monoisotopic (exact) mass is 358 g/mol. The van der Waals surface area contributed by atoms with Gasteiger partial charge in [-0.1, -0.05) is 36.4 Å². The second-order valence-corrected chi connectivity index (χ2v) is 6.86. The Balaban J connectivity index is 2.09. The molecule has 4 heteroatoms. The zero-order valence-electron chi connectivity index (χ0n) is 16.7. The van der Waals surface area contributed by atoms with Crippen LogP contribution in [0.15, 0.2) is 66.5 Å². The molecule has 0 fully saturated rings. The van der Waals surface area contributed by atoms with Crippen molar-refractivity contribution in [3.63, 3.8) is 0 Å². The SMILES string of the molecule is C=C(C)/C=C\C(=C/C)Nc1ncc2c(C)c(C)n(-c3cccc(C)c3)c2n1. The molecule has 0 unspecified atom stereocenters. The molecule has 2 aromatic heterocycles. The molecule has 0 amide bonds. The number of hydrogen-bond donors (Lipinski definition) is 1. The molecular formula is C23H26N4. The van der Waals surface area contributed by atoms with Crippen molar-refractivity contribution in [1.29, 1.82) is 0 Å². The third-order valence-electron chi connectivity index (χ3n) is 4.64. The van der Waals surface area contributed by atoms with Gasteiger partial charge < -0.3 is 5.32 Å². The molecule has 0 aliphatic rings. The Morgan fingerprint density at radius 1 is 1.19 bits per heavy atom. The first-order valence-corrected chi connectivity index (χ1v) is 9.09. The lowest BCUT2D eigenvalue weighted by molar-refractivity contribution is 1.01. The number of nitrogens with zero attached hydrogens (tertiary/aromatic N) is 3. The summed E-state index contributed by atoms with van der Waals surface area (Å²) in [5.74, 6) is 0.577. The summed E-state index contributed by atoms with van der Waals surface area (Å²) in [6, 6.07) is 8.46. The van der Waals surface area contributed by atoms with E-state index in [9.17, 15) is 0 Å². The highest BCUT2D eigenvalue weighted by atomic mass is 15.2. The minimum atomic E-state index is 0.577. The molecule has 0 atom stereocenters. The molecule has 3 rings (SSSR count). The molecule has 0 saturated carbocycles. The number of nitrogens with one attached hydrogen (secondary N) is 1. The molecule has 1 aromatic carbocycles. The van der Waals surface area contributed by atoms with Gasteiger partial charge in [0.05, 0.1) is 0 Å². The first kappa shape index (κ1) is 18.6. The predicted octanol–water partition coefficient (Wildman–Crippen LogP) is 5.79. The summed E-state index contributed by atoms with van der Waals surface area (Å²) in [7, 11) is 0. The first-order valence-electron chi connectivity index (χ1n) is 9.09. The number of rotatable bonds is 5. The van der Waals surface area contributed by atoms with E-state index < -0.39 is 0 Å². The Morgan fingerprint density at radius 2 is 1.96 bits per heavy atom. The van der Waals surface area contributed by atoms with Gasteiger partial charge in [0.1, 0.15) is 0 Å². The van der Waals surface area contributed by atoms with Crippen LogP contribution in [0.3, 0.4) is 0 Å². The summed E-state index contributed by atoms with van der Waals surface area (Å²) in [4.78, 5) is 9.34. The van der Waals surface area contributed by atoms with Gasteiger partial charge >= 0.3 is 0 Å². The van der Waals surface area contributed by atoms with E-state index in [0.29, 0.717) is 5.95 Å². The van der Waals surface area contributed by atoms with Crippen LogP contribution in [0, 0.1) is 20.8 Å². The third-order valence-corrected chi connectivity index (χ3v) is 4.64. The Hall–Kier alpha value is -3.14. The second kappa shape index (κ2) is 7.62. The van der Waals surface area contributed by atoms with Gasteiger partial charge in [0.25, 0.3) is 0 Å². The van der Waals surface area contributed by atoms with Crippen molar-refractivity contribution in [2.75, 3.05) is 5.32 Å². The molecule has 0 radical (unpaired) electrons. The fourth-order valence-electron chi connectivity index (χ4n) is 3.04. The van der Waals surface area contributed by atoms with Crippen LogP contribution in [-0.2, 0) is 0 Å². The van der Waals surface area contributed by atoms with Crippen molar-refractivity contribution >= 4 is 17.0 Å². The summed E-state index contributed by atoms with van der Waals surface area (Å²) in [6.45, 7) is 14.2. The molecule has 0 spiro atoms. The number of anilines is 1. The van der Waals surface area contributed by atoms with E-state index in [-0.39, 0.29) is 0 Å². The number of aryl methyl sites for hydroxylation is 2. The number of allylic oxidation sites excluding steroid dienone is 4.